The molecule has 0 saturated carbocycles. The van der Waals surface area contributed by atoms with Gasteiger partial charge in [0.25, 0.3) is 0 Å². The molecule has 1 aliphatic rings. The van der Waals surface area contributed by atoms with Crippen LogP contribution in [0.3, 0.4) is 0 Å². The van der Waals surface area contributed by atoms with E-state index in [2.05, 4.69) is 45.6 Å². The van der Waals surface area contributed by atoms with Crippen molar-refractivity contribution < 1.29 is 14.3 Å². The Morgan fingerprint density at radius 2 is 2.03 bits per heavy atom. The van der Waals surface area contributed by atoms with Crippen LogP contribution in [0.15, 0.2) is 12.3 Å². The maximum atomic E-state index is 12.3. The standard InChI is InChI=1S/C25H42N2O3/c1-7-9-10-21(8-2)15-30-22(28)12-11-19(3)23-20(4)13-14-26-24(23)27-16-25(5,17-27)18-29-6/h13-14,19,21H,7-12,15-18H2,1-6H3. The van der Waals surface area contributed by atoms with Crippen LogP contribution in [-0.4, -0.2) is 44.4 Å². The van der Waals surface area contributed by atoms with Gasteiger partial charge in [0, 0.05) is 43.8 Å². The van der Waals surface area contributed by atoms with Gasteiger partial charge < -0.3 is 14.4 Å². The Bertz CT molecular complexity index is 670. The molecule has 170 valence electrons. The fourth-order valence-corrected chi connectivity index (χ4v) is 4.54. The monoisotopic (exact) mass is 418 g/mol. The molecule has 0 N–H and O–H groups in total. The largest absolute Gasteiger partial charge is 0.465 e. The molecule has 2 rings (SSSR count). The van der Waals surface area contributed by atoms with E-state index in [1.165, 1.54) is 24.0 Å². The highest BCUT2D eigenvalue weighted by Gasteiger charge is 2.40. The van der Waals surface area contributed by atoms with Gasteiger partial charge in [0.1, 0.15) is 5.82 Å². The van der Waals surface area contributed by atoms with Gasteiger partial charge in [0.15, 0.2) is 0 Å². The number of nitrogens with zero attached hydrogens (tertiary/aromatic N) is 2. The number of ether oxygens (including phenoxy) is 2. The van der Waals surface area contributed by atoms with Gasteiger partial charge in [-0.1, -0.05) is 47.0 Å². The van der Waals surface area contributed by atoms with E-state index in [1.54, 1.807) is 7.11 Å². The SMILES string of the molecule is CCCCC(CC)COC(=O)CCC(C)c1c(C)ccnc1N1CC(C)(COC)C1. The lowest BCUT2D eigenvalue weighted by molar-refractivity contribution is -0.145. The highest BCUT2D eigenvalue weighted by molar-refractivity contribution is 5.69. The van der Waals surface area contributed by atoms with Crippen molar-refractivity contribution in [2.45, 2.75) is 79.1 Å². The molecule has 2 heterocycles. The number of hydrogen-bond donors (Lipinski definition) is 0. The molecule has 1 aromatic heterocycles. The Morgan fingerprint density at radius 1 is 1.30 bits per heavy atom. The van der Waals surface area contributed by atoms with Crippen molar-refractivity contribution in [3.05, 3.63) is 23.4 Å². The molecule has 1 aliphatic heterocycles. The van der Waals surface area contributed by atoms with E-state index in [0.717, 1.165) is 44.8 Å². The molecule has 5 nitrogen and oxygen atoms in total. The van der Waals surface area contributed by atoms with Crippen LogP contribution in [0.25, 0.3) is 0 Å². The number of pyridine rings is 1. The number of aromatic nitrogens is 1. The van der Waals surface area contributed by atoms with Crippen molar-refractivity contribution in [2.24, 2.45) is 11.3 Å². The van der Waals surface area contributed by atoms with E-state index in [1.807, 2.05) is 6.20 Å². The van der Waals surface area contributed by atoms with Gasteiger partial charge >= 0.3 is 5.97 Å². The minimum atomic E-state index is -0.0727. The van der Waals surface area contributed by atoms with Crippen molar-refractivity contribution in [2.75, 3.05) is 38.3 Å². The fraction of sp³-hybridized carbons (Fsp3) is 0.760. The lowest BCUT2D eigenvalue weighted by Gasteiger charge is -2.49. The average Bonchev–Trinajstić information content (AvgIpc) is 2.70. The minimum absolute atomic E-state index is 0.0727. The number of carbonyl (C=O) groups is 1. The number of aryl methyl sites for hydroxylation is 1. The van der Waals surface area contributed by atoms with Crippen LogP contribution in [0.2, 0.25) is 0 Å². The Labute approximate surface area is 183 Å². The summed E-state index contributed by atoms with van der Waals surface area (Å²) >= 11 is 0. The topological polar surface area (TPSA) is 51.7 Å². The fourth-order valence-electron chi connectivity index (χ4n) is 4.54. The van der Waals surface area contributed by atoms with Crippen molar-refractivity contribution >= 4 is 11.8 Å². The molecule has 1 saturated heterocycles. The first-order chi connectivity index (χ1) is 14.3. The second-order valence-electron chi connectivity index (χ2n) is 9.50. The zero-order valence-electron chi connectivity index (χ0n) is 20.0. The van der Waals surface area contributed by atoms with Crippen LogP contribution in [0.4, 0.5) is 5.82 Å². The van der Waals surface area contributed by atoms with E-state index in [9.17, 15) is 4.79 Å². The average molecular weight is 419 g/mol. The summed E-state index contributed by atoms with van der Waals surface area (Å²) in [5, 5.41) is 0. The van der Waals surface area contributed by atoms with Gasteiger partial charge in [-0.25, -0.2) is 4.98 Å². The van der Waals surface area contributed by atoms with Crippen molar-refractivity contribution in [3.8, 4) is 0 Å². The normalized spacial score (nSPS) is 17.3. The second-order valence-corrected chi connectivity index (χ2v) is 9.50. The van der Waals surface area contributed by atoms with Crippen LogP contribution in [0, 0.1) is 18.3 Å². The highest BCUT2D eigenvalue weighted by Crippen LogP contribution is 2.39. The summed E-state index contributed by atoms with van der Waals surface area (Å²) in [6, 6.07) is 2.07. The third-order valence-electron chi connectivity index (χ3n) is 6.42. The number of methoxy groups -OCH3 is 1. The molecule has 0 spiro atoms. The lowest BCUT2D eigenvalue weighted by atomic mass is 9.81. The molecule has 1 aromatic rings. The third kappa shape index (κ3) is 6.69. The van der Waals surface area contributed by atoms with E-state index < -0.39 is 0 Å². The molecule has 0 amide bonds. The maximum Gasteiger partial charge on any atom is 0.305 e. The summed E-state index contributed by atoms with van der Waals surface area (Å²) in [6.45, 7) is 14.2. The van der Waals surface area contributed by atoms with Gasteiger partial charge in [0.2, 0.25) is 0 Å². The van der Waals surface area contributed by atoms with Crippen molar-refractivity contribution in [1.29, 1.82) is 0 Å². The second kappa shape index (κ2) is 11.7. The maximum absolute atomic E-state index is 12.3. The summed E-state index contributed by atoms with van der Waals surface area (Å²) in [5.74, 6) is 1.75. The smallest absolute Gasteiger partial charge is 0.305 e. The first-order valence-corrected chi connectivity index (χ1v) is 11.7. The van der Waals surface area contributed by atoms with Crippen LogP contribution >= 0.6 is 0 Å². The van der Waals surface area contributed by atoms with E-state index >= 15 is 0 Å². The molecule has 30 heavy (non-hydrogen) atoms. The molecule has 5 heteroatoms. The van der Waals surface area contributed by atoms with Gasteiger partial charge in [-0.05, 0) is 43.2 Å². The first kappa shape index (κ1) is 24.6. The molecular weight excluding hydrogens is 376 g/mol. The summed E-state index contributed by atoms with van der Waals surface area (Å²) in [5.41, 5.74) is 2.70. The molecule has 0 aromatic carbocycles. The van der Waals surface area contributed by atoms with Crippen LogP contribution < -0.4 is 4.90 Å². The van der Waals surface area contributed by atoms with Crippen molar-refractivity contribution in [3.63, 3.8) is 0 Å². The van der Waals surface area contributed by atoms with Crippen LogP contribution in [0.1, 0.15) is 83.3 Å². The van der Waals surface area contributed by atoms with Crippen molar-refractivity contribution in [1.82, 2.24) is 4.98 Å². The molecule has 2 atom stereocenters. The lowest BCUT2D eigenvalue weighted by Crippen LogP contribution is -2.57. The number of carbonyl (C=O) groups excluding carboxylic acids is 1. The Hall–Kier alpha value is -1.62. The van der Waals surface area contributed by atoms with Gasteiger partial charge in [-0.2, -0.15) is 0 Å². The number of anilines is 1. The molecule has 1 fully saturated rings. The first-order valence-electron chi connectivity index (χ1n) is 11.7. The quantitative estimate of drug-likeness (QED) is 0.396. The van der Waals surface area contributed by atoms with E-state index in [0.29, 0.717) is 18.9 Å². The molecule has 2 unspecified atom stereocenters. The van der Waals surface area contributed by atoms with E-state index in [-0.39, 0.29) is 17.3 Å². The zero-order valence-corrected chi connectivity index (χ0v) is 20.0. The summed E-state index contributed by atoms with van der Waals surface area (Å²) in [6.07, 6.45) is 7.75. The van der Waals surface area contributed by atoms with Crippen LogP contribution in [0.5, 0.6) is 0 Å². The predicted molar refractivity (Wildman–Crippen MR) is 123 cm³/mol. The molecular formula is C25H42N2O3. The zero-order chi connectivity index (χ0) is 22.1. The molecule has 0 bridgehead atoms. The predicted octanol–water partition coefficient (Wildman–Crippen LogP) is 5.51. The Balaban J connectivity index is 1.91. The van der Waals surface area contributed by atoms with Gasteiger partial charge in [-0.15, -0.1) is 0 Å². The Kier molecular flexibility index (Phi) is 9.60. The molecule has 0 aliphatic carbocycles. The van der Waals surface area contributed by atoms with Crippen LogP contribution in [-0.2, 0) is 14.3 Å². The summed E-state index contributed by atoms with van der Waals surface area (Å²) in [4.78, 5) is 19.4. The number of rotatable bonds is 13. The summed E-state index contributed by atoms with van der Waals surface area (Å²) < 4.78 is 11.0. The Morgan fingerprint density at radius 3 is 2.67 bits per heavy atom. The third-order valence-corrected chi connectivity index (χ3v) is 6.42. The number of esters is 1. The van der Waals surface area contributed by atoms with Gasteiger partial charge in [0.05, 0.1) is 13.2 Å². The minimum Gasteiger partial charge on any atom is -0.465 e. The number of hydrogen-bond acceptors (Lipinski definition) is 5. The summed E-state index contributed by atoms with van der Waals surface area (Å²) in [7, 11) is 1.76. The molecule has 0 radical (unpaired) electrons. The highest BCUT2D eigenvalue weighted by atomic mass is 16.5. The van der Waals surface area contributed by atoms with Gasteiger partial charge in [-0.3, -0.25) is 4.79 Å². The van der Waals surface area contributed by atoms with E-state index in [4.69, 9.17) is 14.5 Å². The number of unbranched alkanes of at least 4 members (excludes halogenated alkanes) is 1.